The lowest BCUT2D eigenvalue weighted by atomic mass is 9.75. The number of likely N-dealkylation sites (tertiary alicyclic amines) is 2. The molecule has 11 nitrogen and oxygen atoms in total. The van der Waals surface area contributed by atoms with Crippen molar-refractivity contribution in [1.82, 2.24) is 14.8 Å². The van der Waals surface area contributed by atoms with Gasteiger partial charge in [0.15, 0.2) is 11.6 Å². The van der Waals surface area contributed by atoms with E-state index in [9.17, 15) is 39.0 Å². The summed E-state index contributed by atoms with van der Waals surface area (Å²) in [5.41, 5.74) is 7.65. The summed E-state index contributed by atoms with van der Waals surface area (Å²) in [6.45, 7) is 25.5. The molecule has 2 amide bonds. The van der Waals surface area contributed by atoms with Crippen LogP contribution in [0.1, 0.15) is 143 Å². The zero-order valence-electron chi connectivity index (χ0n) is 44.4. The number of β-amino-alcohol motifs (C(OH)–C–C–N with tert-alkyl or cyclic N) is 2. The molecule has 2 aromatic heterocycles. The number of hydrogen-bond acceptors (Lipinski definition) is 11. The maximum atomic E-state index is 13.7. The monoisotopic (exact) mass is 1010 g/mol. The van der Waals surface area contributed by atoms with Gasteiger partial charge in [-0.3, -0.25) is 28.8 Å². The molecule has 2 aliphatic heterocycles. The van der Waals surface area contributed by atoms with Crippen molar-refractivity contribution in [3.63, 3.8) is 0 Å². The molecular weight excluding hydrogens is 931 g/mol. The molecule has 2 aliphatic rings. The number of Topliss-reactive ketones (excluding diaryl/α,β-unsaturated/α-hetero) is 4. The highest BCUT2D eigenvalue weighted by molar-refractivity contribution is 7.14. The fourth-order valence-electron chi connectivity index (χ4n) is 9.55. The van der Waals surface area contributed by atoms with Crippen LogP contribution in [0.4, 0.5) is 0 Å². The van der Waals surface area contributed by atoms with E-state index in [0.29, 0.717) is 19.3 Å². The molecule has 2 aromatic carbocycles. The lowest BCUT2D eigenvalue weighted by Gasteiger charge is -2.35. The Morgan fingerprint density at radius 1 is 0.634 bits per heavy atom. The number of nitrogens with zero attached hydrogens (tertiary/aromatic N) is 3. The van der Waals surface area contributed by atoms with Gasteiger partial charge in [-0.25, -0.2) is 4.98 Å². The van der Waals surface area contributed by atoms with E-state index in [1.165, 1.54) is 20.9 Å². The number of ketones is 4. The summed E-state index contributed by atoms with van der Waals surface area (Å²) in [5, 5.41) is 22.8. The molecule has 0 saturated carbocycles. The minimum Gasteiger partial charge on any atom is -0.391 e. The predicted octanol–water partition coefficient (Wildman–Crippen LogP) is 10.9. The van der Waals surface area contributed by atoms with Crippen LogP contribution in [0.15, 0.2) is 65.5 Å². The van der Waals surface area contributed by atoms with Crippen molar-refractivity contribution in [2.75, 3.05) is 13.1 Å². The Morgan fingerprint density at radius 2 is 1.10 bits per heavy atom. The third-order valence-corrected chi connectivity index (χ3v) is 16.4. The molecule has 2 N–H and O–H groups in total. The van der Waals surface area contributed by atoms with Crippen LogP contribution in [-0.4, -0.2) is 97.3 Å². The van der Waals surface area contributed by atoms with E-state index in [1.807, 2.05) is 101 Å². The number of carbonyl (C=O) groups excluding carboxylic acids is 6. The Kier molecular flexibility index (Phi) is 19.6. The lowest BCUT2D eigenvalue weighted by molar-refractivity contribution is -0.146. The van der Waals surface area contributed by atoms with Crippen LogP contribution in [0.25, 0.3) is 20.9 Å². The van der Waals surface area contributed by atoms with Crippen LogP contribution in [0.2, 0.25) is 0 Å². The highest BCUT2D eigenvalue weighted by Crippen LogP contribution is 2.37. The minimum atomic E-state index is -0.729. The third-order valence-electron chi connectivity index (χ3n) is 14.4. The summed E-state index contributed by atoms with van der Waals surface area (Å²) in [7, 11) is 0. The van der Waals surface area contributed by atoms with Gasteiger partial charge in [-0.1, -0.05) is 125 Å². The van der Waals surface area contributed by atoms with Crippen LogP contribution in [-0.2, 0) is 35.2 Å². The van der Waals surface area contributed by atoms with E-state index in [1.54, 1.807) is 27.6 Å². The maximum Gasteiger partial charge on any atom is 0.227 e. The molecule has 0 radical (unpaired) electrons. The van der Waals surface area contributed by atoms with E-state index >= 15 is 0 Å². The maximum absolute atomic E-state index is 13.7. The number of aryl methyl sites for hydroxylation is 3. The second-order valence-corrected chi connectivity index (χ2v) is 24.6. The molecule has 2 fully saturated rings. The number of carbonyl (C=O) groups is 6. The fraction of sp³-hybridized carbons (Fsp3) is 0.569. The van der Waals surface area contributed by atoms with E-state index in [4.69, 9.17) is 0 Å². The summed E-state index contributed by atoms with van der Waals surface area (Å²) >= 11 is 3.33. The van der Waals surface area contributed by atoms with E-state index in [-0.39, 0.29) is 91.5 Å². The van der Waals surface area contributed by atoms with E-state index < -0.39 is 47.0 Å². The third kappa shape index (κ3) is 15.0. The first-order valence-corrected chi connectivity index (χ1v) is 27.1. The molecule has 7 atom stereocenters. The molecule has 0 unspecified atom stereocenters. The molecule has 0 spiro atoms. The smallest absolute Gasteiger partial charge is 0.227 e. The summed E-state index contributed by atoms with van der Waals surface area (Å²) in [6.07, 6.45) is 0.522. The van der Waals surface area contributed by atoms with E-state index in [0.717, 1.165) is 27.3 Å². The minimum absolute atomic E-state index is 0.00777. The summed E-state index contributed by atoms with van der Waals surface area (Å²) in [4.78, 5) is 88.6. The van der Waals surface area contributed by atoms with Gasteiger partial charge < -0.3 is 20.0 Å². The number of rotatable bonds is 18. The number of thiophene rings is 1. The average molecular weight is 1010 g/mol. The van der Waals surface area contributed by atoms with Crippen molar-refractivity contribution < 1.29 is 39.0 Å². The Bertz CT molecular complexity index is 2470. The van der Waals surface area contributed by atoms with Crippen LogP contribution < -0.4 is 0 Å². The van der Waals surface area contributed by atoms with Gasteiger partial charge in [-0.05, 0) is 76.3 Å². The van der Waals surface area contributed by atoms with Crippen molar-refractivity contribution in [1.29, 1.82) is 0 Å². The standard InChI is InChI=1S/C30H41NO4S.C28H38N2O4S/c1-18(2)26(33)16-24(30(5,6)7)29(35)31-17-23(32)15-25(31)27(34)14-20(4)21-8-10-22(11-9-21)28-19(3)12-13-36-28;1-17(2)25(33)14-22(28(4,5)6)27(34)30-15-21(31)13-23(30)24(32)12-9-19-7-10-20(11-8-19)26-18(3)29-16-35-26/h8-13,18,20,23-25,32H,14-17H2,1-7H3;7-8,10-11,16-17,21-23,31H,9,12-15H2,1-6H3/t20-,23-,24-,25+;21-,22-,23+/m11/s1. The molecule has 2 saturated heterocycles. The first kappa shape index (κ1) is 57.2. The Hall–Kier alpha value is -4.69. The van der Waals surface area contributed by atoms with Gasteiger partial charge >= 0.3 is 0 Å². The lowest BCUT2D eigenvalue weighted by Crippen LogP contribution is -2.47. The van der Waals surface area contributed by atoms with Crippen molar-refractivity contribution in [2.24, 2.45) is 34.5 Å². The Labute approximate surface area is 430 Å². The summed E-state index contributed by atoms with van der Waals surface area (Å²) < 4.78 is 0. The van der Waals surface area contributed by atoms with Crippen molar-refractivity contribution in [3.05, 3.63) is 87.9 Å². The Balaban J connectivity index is 0.000000264. The molecule has 4 heterocycles. The SMILES string of the molecule is Cc1ccsc1-c1ccc([C@H](C)CC(=O)[C@@H]2C[C@@H](O)CN2C(=O)[C@@H](CC(=O)C(C)C)C(C)(C)C)cc1.Cc1ncsc1-c1ccc(CCC(=O)[C@@H]2C[C@@H](O)CN2C(=O)[C@@H](CC(=O)C(C)C)C(C)(C)C)cc1. The van der Waals surface area contributed by atoms with Gasteiger partial charge in [0.2, 0.25) is 11.8 Å². The second-order valence-electron chi connectivity index (χ2n) is 22.8. The average Bonchev–Trinajstić information content (AvgIpc) is 4.12. The van der Waals surface area contributed by atoms with Gasteiger partial charge in [-0.15, -0.1) is 22.7 Å². The number of hydrogen-bond donors (Lipinski definition) is 2. The molecule has 0 aliphatic carbocycles. The fourth-order valence-corrected chi connectivity index (χ4v) is 11.3. The van der Waals surface area contributed by atoms with Crippen LogP contribution >= 0.6 is 22.7 Å². The second kappa shape index (κ2) is 24.4. The largest absolute Gasteiger partial charge is 0.391 e. The normalized spacial score (nSPS) is 19.6. The van der Waals surface area contributed by atoms with Crippen molar-refractivity contribution >= 4 is 57.6 Å². The van der Waals surface area contributed by atoms with Crippen LogP contribution in [0.3, 0.4) is 0 Å². The van der Waals surface area contributed by atoms with Crippen LogP contribution in [0, 0.1) is 48.3 Å². The number of aliphatic hydroxyl groups excluding tert-OH is 2. The van der Waals surface area contributed by atoms with Gasteiger partial charge in [-0.2, -0.15) is 0 Å². The van der Waals surface area contributed by atoms with E-state index in [2.05, 4.69) is 59.8 Å². The molecule has 71 heavy (non-hydrogen) atoms. The highest BCUT2D eigenvalue weighted by Gasteiger charge is 2.46. The molecule has 6 rings (SSSR count). The predicted molar refractivity (Wildman–Crippen MR) is 285 cm³/mol. The molecular formula is C58H79N3O8S2. The van der Waals surface area contributed by atoms with Crippen molar-refractivity contribution in [3.8, 4) is 20.9 Å². The quantitative estimate of drug-likeness (QED) is 0.0988. The topological polar surface area (TPSA) is 162 Å². The number of amides is 2. The number of aliphatic hydroxyl groups is 2. The highest BCUT2D eigenvalue weighted by atomic mass is 32.1. The first-order valence-electron chi connectivity index (χ1n) is 25.4. The number of benzene rings is 2. The number of aromatic nitrogens is 1. The number of thiazole rings is 1. The first-order chi connectivity index (χ1) is 33.2. The molecule has 0 bridgehead atoms. The van der Waals surface area contributed by atoms with Crippen molar-refractivity contribution in [2.45, 2.75) is 165 Å². The Morgan fingerprint density at radius 3 is 1.52 bits per heavy atom. The van der Waals surface area contributed by atoms with Gasteiger partial charge in [0.25, 0.3) is 0 Å². The zero-order chi connectivity index (χ0) is 52.7. The van der Waals surface area contributed by atoms with Gasteiger partial charge in [0, 0.05) is 80.2 Å². The zero-order valence-corrected chi connectivity index (χ0v) is 46.0. The summed E-state index contributed by atoms with van der Waals surface area (Å²) in [5.74, 6) is -1.76. The summed E-state index contributed by atoms with van der Waals surface area (Å²) in [6, 6.07) is 17.3. The molecule has 4 aromatic rings. The molecule has 13 heteroatoms. The van der Waals surface area contributed by atoms with Crippen LogP contribution in [0.5, 0.6) is 0 Å². The van der Waals surface area contributed by atoms with Gasteiger partial charge in [0.05, 0.1) is 40.4 Å². The van der Waals surface area contributed by atoms with Gasteiger partial charge in [0.1, 0.15) is 11.6 Å². The molecule has 386 valence electrons.